The number of nitrogen functional groups attached to an aromatic ring is 1. The summed E-state index contributed by atoms with van der Waals surface area (Å²) in [5.41, 5.74) is 6.23. The molecule has 0 heterocycles. The Hall–Kier alpha value is -1.76. The van der Waals surface area contributed by atoms with Crippen molar-refractivity contribution in [1.29, 1.82) is 0 Å². The molecule has 7 heteroatoms. The Kier molecular flexibility index (Phi) is 4.55. The van der Waals surface area contributed by atoms with E-state index >= 15 is 0 Å². The van der Waals surface area contributed by atoms with Crippen LogP contribution in [0.1, 0.15) is 6.92 Å². The normalized spacial score (nSPS) is 11.0. The minimum atomic E-state index is -3.39. The van der Waals surface area contributed by atoms with Gasteiger partial charge in [-0.15, -0.1) is 0 Å². The van der Waals surface area contributed by atoms with Gasteiger partial charge in [0.15, 0.2) is 9.84 Å². The van der Waals surface area contributed by atoms with Crippen LogP contribution < -0.4 is 11.1 Å². The Morgan fingerprint density at radius 3 is 2.67 bits per heavy atom. The van der Waals surface area contributed by atoms with Gasteiger partial charge in [0.2, 0.25) is 0 Å². The van der Waals surface area contributed by atoms with Gasteiger partial charge in [-0.25, -0.2) is 8.42 Å². The predicted molar refractivity (Wildman–Crippen MR) is 69.1 cm³/mol. The van der Waals surface area contributed by atoms with E-state index in [2.05, 4.69) is 5.32 Å². The van der Waals surface area contributed by atoms with Crippen molar-refractivity contribution in [2.24, 2.45) is 0 Å². The van der Waals surface area contributed by atoms with E-state index in [-0.39, 0.29) is 17.1 Å². The zero-order valence-corrected chi connectivity index (χ0v) is 11.1. The van der Waals surface area contributed by atoms with Crippen molar-refractivity contribution in [3.63, 3.8) is 0 Å². The molecule has 0 amide bonds. The predicted octanol–water partition coefficient (Wildman–Crippen LogP) is 0.647. The third-order valence-corrected chi connectivity index (χ3v) is 3.35. The standard InChI is InChI=1S/C11H16N2O4S/c1-3-17-10(14)7-13-8-5-4-6-9(11(8)12)18(2,15)16/h4-6,13H,3,7,12H2,1-2H3. The summed E-state index contributed by atoms with van der Waals surface area (Å²) in [7, 11) is -3.39. The second-order valence-corrected chi connectivity index (χ2v) is 5.63. The Bertz CT molecular complexity index is 540. The number of carbonyl (C=O) groups is 1. The number of nitrogens with one attached hydrogen (secondary N) is 1. The minimum Gasteiger partial charge on any atom is -0.465 e. The molecule has 18 heavy (non-hydrogen) atoms. The summed E-state index contributed by atoms with van der Waals surface area (Å²) < 4.78 is 27.6. The molecular formula is C11H16N2O4S. The molecule has 0 unspecified atom stereocenters. The van der Waals surface area contributed by atoms with Crippen LogP contribution in [0.2, 0.25) is 0 Å². The van der Waals surface area contributed by atoms with Gasteiger partial charge in [-0.05, 0) is 19.1 Å². The van der Waals surface area contributed by atoms with Gasteiger partial charge in [0.05, 0.1) is 22.9 Å². The quantitative estimate of drug-likeness (QED) is 0.603. The lowest BCUT2D eigenvalue weighted by molar-refractivity contribution is -0.140. The van der Waals surface area contributed by atoms with E-state index in [1.54, 1.807) is 19.1 Å². The van der Waals surface area contributed by atoms with Crippen LogP contribution in [0.3, 0.4) is 0 Å². The Labute approximate surface area is 106 Å². The number of benzene rings is 1. The monoisotopic (exact) mass is 272 g/mol. The molecule has 0 radical (unpaired) electrons. The molecule has 1 aromatic rings. The Morgan fingerprint density at radius 1 is 1.44 bits per heavy atom. The van der Waals surface area contributed by atoms with E-state index in [1.807, 2.05) is 0 Å². The largest absolute Gasteiger partial charge is 0.465 e. The molecule has 0 saturated heterocycles. The van der Waals surface area contributed by atoms with Crippen LogP contribution >= 0.6 is 0 Å². The molecule has 0 aromatic heterocycles. The molecule has 0 aliphatic carbocycles. The van der Waals surface area contributed by atoms with Gasteiger partial charge in [-0.1, -0.05) is 6.07 Å². The van der Waals surface area contributed by atoms with Crippen molar-refractivity contribution in [1.82, 2.24) is 0 Å². The number of hydrogen-bond donors (Lipinski definition) is 2. The van der Waals surface area contributed by atoms with Crippen molar-refractivity contribution in [2.75, 3.05) is 30.5 Å². The van der Waals surface area contributed by atoms with Crippen LogP contribution in [0, 0.1) is 0 Å². The first-order valence-corrected chi connectivity index (χ1v) is 7.23. The van der Waals surface area contributed by atoms with Gasteiger partial charge in [0.1, 0.15) is 6.54 Å². The molecule has 0 atom stereocenters. The zero-order chi connectivity index (χ0) is 13.8. The number of para-hydroxylation sites is 1. The van der Waals surface area contributed by atoms with Gasteiger partial charge < -0.3 is 15.8 Å². The van der Waals surface area contributed by atoms with E-state index in [0.29, 0.717) is 12.3 Å². The maximum Gasteiger partial charge on any atom is 0.325 e. The second kappa shape index (κ2) is 5.72. The highest BCUT2D eigenvalue weighted by molar-refractivity contribution is 7.90. The van der Waals surface area contributed by atoms with Crippen molar-refractivity contribution in [3.8, 4) is 0 Å². The average Bonchev–Trinajstić information content (AvgIpc) is 2.26. The molecule has 0 aliphatic rings. The van der Waals surface area contributed by atoms with Gasteiger partial charge in [-0.2, -0.15) is 0 Å². The highest BCUT2D eigenvalue weighted by Gasteiger charge is 2.14. The lowest BCUT2D eigenvalue weighted by Crippen LogP contribution is -2.18. The highest BCUT2D eigenvalue weighted by atomic mass is 32.2. The van der Waals surface area contributed by atoms with E-state index in [1.165, 1.54) is 6.07 Å². The molecule has 0 bridgehead atoms. The topological polar surface area (TPSA) is 98.5 Å². The first-order chi connectivity index (χ1) is 8.36. The number of hydrogen-bond acceptors (Lipinski definition) is 6. The summed E-state index contributed by atoms with van der Waals surface area (Å²) in [6, 6.07) is 4.57. The number of rotatable bonds is 5. The fourth-order valence-corrected chi connectivity index (χ4v) is 2.24. The van der Waals surface area contributed by atoms with E-state index in [9.17, 15) is 13.2 Å². The van der Waals surface area contributed by atoms with Gasteiger partial charge >= 0.3 is 5.97 Å². The number of ether oxygens (including phenoxy) is 1. The number of nitrogens with two attached hydrogens (primary N) is 1. The van der Waals surface area contributed by atoms with Crippen LogP contribution in [0.15, 0.2) is 23.1 Å². The highest BCUT2D eigenvalue weighted by Crippen LogP contribution is 2.26. The van der Waals surface area contributed by atoms with Crippen molar-refractivity contribution >= 4 is 27.2 Å². The summed E-state index contributed by atoms with van der Waals surface area (Å²) >= 11 is 0. The van der Waals surface area contributed by atoms with Crippen LogP contribution in [0.5, 0.6) is 0 Å². The lowest BCUT2D eigenvalue weighted by Gasteiger charge is -2.11. The molecule has 0 saturated carbocycles. The van der Waals surface area contributed by atoms with Gasteiger partial charge in [0.25, 0.3) is 0 Å². The first-order valence-electron chi connectivity index (χ1n) is 5.34. The van der Waals surface area contributed by atoms with Crippen LogP contribution in [-0.4, -0.2) is 33.8 Å². The van der Waals surface area contributed by atoms with Crippen LogP contribution in [0.4, 0.5) is 11.4 Å². The van der Waals surface area contributed by atoms with Gasteiger partial charge in [-0.3, -0.25) is 4.79 Å². The average molecular weight is 272 g/mol. The minimum absolute atomic E-state index is 0.0383. The van der Waals surface area contributed by atoms with Crippen molar-refractivity contribution in [3.05, 3.63) is 18.2 Å². The summed E-state index contributed by atoms with van der Waals surface area (Å²) in [5, 5.41) is 2.75. The number of anilines is 2. The summed E-state index contributed by atoms with van der Waals surface area (Å²) in [6.45, 7) is 1.93. The van der Waals surface area contributed by atoms with Crippen molar-refractivity contribution < 1.29 is 17.9 Å². The molecule has 1 rings (SSSR count). The molecule has 3 N–H and O–H groups in total. The first kappa shape index (κ1) is 14.3. The Morgan fingerprint density at radius 2 is 2.11 bits per heavy atom. The number of esters is 1. The summed E-state index contributed by atoms with van der Waals surface area (Å²) in [4.78, 5) is 11.2. The number of sulfone groups is 1. The fraction of sp³-hybridized carbons (Fsp3) is 0.364. The molecular weight excluding hydrogens is 256 g/mol. The maximum atomic E-state index is 11.4. The second-order valence-electron chi connectivity index (χ2n) is 3.65. The SMILES string of the molecule is CCOC(=O)CNc1cccc(S(C)(=O)=O)c1N. The smallest absolute Gasteiger partial charge is 0.325 e. The summed E-state index contributed by atoms with van der Waals surface area (Å²) in [5.74, 6) is -0.429. The van der Waals surface area contributed by atoms with E-state index < -0.39 is 15.8 Å². The Balaban J connectivity index is 2.89. The van der Waals surface area contributed by atoms with E-state index in [4.69, 9.17) is 10.5 Å². The molecule has 0 spiro atoms. The third kappa shape index (κ3) is 3.63. The van der Waals surface area contributed by atoms with Crippen LogP contribution in [0.25, 0.3) is 0 Å². The van der Waals surface area contributed by atoms with E-state index in [0.717, 1.165) is 6.26 Å². The molecule has 0 fully saturated rings. The molecule has 100 valence electrons. The zero-order valence-electron chi connectivity index (χ0n) is 10.3. The lowest BCUT2D eigenvalue weighted by atomic mass is 10.2. The maximum absolute atomic E-state index is 11.4. The molecule has 1 aromatic carbocycles. The molecule has 6 nitrogen and oxygen atoms in total. The third-order valence-electron chi connectivity index (χ3n) is 2.19. The molecule has 0 aliphatic heterocycles. The number of carbonyl (C=O) groups excluding carboxylic acids is 1. The summed E-state index contributed by atoms with van der Waals surface area (Å²) in [6.07, 6.45) is 1.08. The van der Waals surface area contributed by atoms with Gasteiger partial charge in [0, 0.05) is 6.26 Å². The van der Waals surface area contributed by atoms with Crippen LogP contribution in [-0.2, 0) is 19.4 Å². The fourth-order valence-electron chi connectivity index (χ4n) is 1.40. The van der Waals surface area contributed by atoms with Crippen molar-refractivity contribution in [2.45, 2.75) is 11.8 Å².